The van der Waals surface area contributed by atoms with Gasteiger partial charge in [-0.25, -0.2) is 0 Å². The third-order valence-electron chi connectivity index (χ3n) is 7.54. The number of ether oxygens (including phenoxy) is 2. The fourth-order valence-electron chi connectivity index (χ4n) is 5.33. The van der Waals surface area contributed by atoms with Crippen LogP contribution in [-0.4, -0.2) is 78.0 Å². The number of hydrogen-bond donors (Lipinski definition) is 3. The third kappa shape index (κ3) is 12.4. The molecule has 0 aromatic rings. The van der Waals surface area contributed by atoms with Crippen molar-refractivity contribution in [3.63, 3.8) is 0 Å². The predicted octanol–water partition coefficient (Wildman–Crippen LogP) is 3.82. The van der Waals surface area contributed by atoms with E-state index in [1.807, 2.05) is 13.8 Å². The minimum Gasteiger partial charge on any atom is -0.464 e. The number of aliphatic hydroxyl groups is 3. The lowest BCUT2D eigenvalue weighted by Crippen LogP contribution is -2.40. The van der Waals surface area contributed by atoms with Gasteiger partial charge in [-0.15, -0.1) is 0 Å². The molecule has 3 N–H and O–H groups in total. The molecule has 6 atom stereocenters. The smallest absolute Gasteiger partial charge is 0.293 e. The molecule has 0 heterocycles. The second kappa shape index (κ2) is 18.5. The molecule has 0 bridgehead atoms. The number of aliphatic hydroxyl groups excluding tert-OH is 3. The van der Waals surface area contributed by atoms with E-state index in [0.717, 1.165) is 38.5 Å². The van der Waals surface area contributed by atoms with E-state index in [2.05, 4.69) is 19.0 Å². The van der Waals surface area contributed by atoms with E-state index >= 15 is 0 Å². The summed E-state index contributed by atoms with van der Waals surface area (Å²) >= 11 is 0. The second-order valence-electron chi connectivity index (χ2n) is 11.3. The summed E-state index contributed by atoms with van der Waals surface area (Å²) in [4.78, 5) is 26.9. The van der Waals surface area contributed by atoms with Crippen LogP contribution < -0.4 is 0 Å². The Balaban J connectivity index is 2.87. The summed E-state index contributed by atoms with van der Waals surface area (Å²) in [5.41, 5.74) is 1.13. The van der Waals surface area contributed by atoms with Gasteiger partial charge in [-0.05, 0) is 69.3 Å². The SMILES string of the molecule is CO[C@@H](/C(=N/OCC=O)[C@H](C)CC(C)C)[C@H](O)/C(C)=C/[C@@H](C)[C@H](O)C[C@@H](CC[C@H]1CC[C@H](O)CC1)OC=O. The lowest BCUT2D eigenvalue weighted by Gasteiger charge is -2.29. The van der Waals surface area contributed by atoms with Crippen molar-refractivity contribution < 1.29 is 39.2 Å². The standard InChI is InChI=1S/C29H51NO8/c1-19(2)15-21(4)27(30-38-14-13-31)29(36-6)28(35)22(5)16-20(3)26(34)17-25(37-18-32)12-9-23-7-10-24(33)11-8-23/h13,16,18-21,23-26,28-29,33-35H,7-12,14-15,17H2,1-6H3/b22-16+,30-27+/t20-,21-,23-,24-,25-,26-,28-,29+/m1/s1. The van der Waals surface area contributed by atoms with E-state index in [1.165, 1.54) is 7.11 Å². The van der Waals surface area contributed by atoms with Crippen molar-refractivity contribution in [2.45, 2.75) is 117 Å². The highest BCUT2D eigenvalue weighted by Gasteiger charge is 2.31. The van der Waals surface area contributed by atoms with Crippen molar-refractivity contribution in [3.05, 3.63) is 11.6 Å². The van der Waals surface area contributed by atoms with E-state index in [4.69, 9.17) is 14.3 Å². The van der Waals surface area contributed by atoms with Crippen LogP contribution in [-0.2, 0) is 23.9 Å². The molecule has 0 aromatic heterocycles. The Morgan fingerprint density at radius 3 is 2.26 bits per heavy atom. The van der Waals surface area contributed by atoms with Crippen LogP contribution >= 0.6 is 0 Å². The first-order valence-corrected chi connectivity index (χ1v) is 14.0. The van der Waals surface area contributed by atoms with Gasteiger partial charge in [-0.3, -0.25) is 9.59 Å². The fraction of sp³-hybridized carbons (Fsp3) is 0.828. The number of aldehydes is 1. The Hall–Kier alpha value is -1.81. The van der Waals surface area contributed by atoms with Crippen LogP contribution in [0.5, 0.6) is 0 Å². The molecule has 0 saturated heterocycles. The van der Waals surface area contributed by atoms with Gasteiger partial charge in [-0.2, -0.15) is 0 Å². The first-order chi connectivity index (χ1) is 18.0. The average Bonchev–Trinajstić information content (AvgIpc) is 2.87. The Labute approximate surface area is 228 Å². The molecule has 1 saturated carbocycles. The van der Waals surface area contributed by atoms with E-state index in [0.29, 0.717) is 48.7 Å². The summed E-state index contributed by atoms with van der Waals surface area (Å²) in [6, 6.07) is 0. The second-order valence-corrected chi connectivity index (χ2v) is 11.3. The molecule has 9 nitrogen and oxygen atoms in total. The molecule has 0 aliphatic heterocycles. The first kappa shape index (κ1) is 34.2. The maximum atomic E-state index is 11.2. The summed E-state index contributed by atoms with van der Waals surface area (Å²) in [6.45, 7) is 10.0. The van der Waals surface area contributed by atoms with Gasteiger partial charge in [0.25, 0.3) is 6.47 Å². The maximum Gasteiger partial charge on any atom is 0.293 e. The van der Waals surface area contributed by atoms with Crippen LogP contribution in [0.2, 0.25) is 0 Å². The molecule has 1 aliphatic rings. The van der Waals surface area contributed by atoms with Crippen LogP contribution in [0, 0.1) is 23.7 Å². The molecule has 0 unspecified atom stereocenters. The molecule has 1 aliphatic carbocycles. The number of methoxy groups -OCH3 is 1. The predicted molar refractivity (Wildman–Crippen MR) is 147 cm³/mol. The lowest BCUT2D eigenvalue weighted by molar-refractivity contribution is -0.135. The van der Waals surface area contributed by atoms with Crippen molar-refractivity contribution in [1.82, 2.24) is 0 Å². The van der Waals surface area contributed by atoms with Crippen molar-refractivity contribution in [3.8, 4) is 0 Å². The van der Waals surface area contributed by atoms with Crippen molar-refractivity contribution in [1.29, 1.82) is 0 Å². The van der Waals surface area contributed by atoms with Crippen molar-refractivity contribution in [2.75, 3.05) is 13.7 Å². The highest BCUT2D eigenvalue weighted by Crippen LogP contribution is 2.30. The molecular weight excluding hydrogens is 490 g/mol. The number of nitrogens with zero attached hydrogens (tertiary/aromatic N) is 1. The minimum atomic E-state index is -1.04. The fourth-order valence-corrected chi connectivity index (χ4v) is 5.33. The number of carbonyl (C=O) groups excluding carboxylic acids is 2. The Kier molecular flexibility index (Phi) is 16.6. The molecular formula is C29H51NO8. The van der Waals surface area contributed by atoms with Gasteiger partial charge in [0.2, 0.25) is 0 Å². The number of carbonyl (C=O) groups is 2. The van der Waals surface area contributed by atoms with Crippen LogP contribution in [0.3, 0.4) is 0 Å². The normalized spacial score (nSPS) is 23.7. The van der Waals surface area contributed by atoms with E-state index < -0.39 is 24.4 Å². The van der Waals surface area contributed by atoms with Gasteiger partial charge in [0.05, 0.1) is 17.9 Å². The van der Waals surface area contributed by atoms with E-state index in [1.54, 1.807) is 13.0 Å². The van der Waals surface area contributed by atoms with Gasteiger partial charge in [-0.1, -0.05) is 38.9 Å². The van der Waals surface area contributed by atoms with Gasteiger partial charge < -0.3 is 29.6 Å². The van der Waals surface area contributed by atoms with Crippen LogP contribution in [0.25, 0.3) is 0 Å². The average molecular weight is 542 g/mol. The summed E-state index contributed by atoms with van der Waals surface area (Å²) in [5, 5.41) is 35.9. The van der Waals surface area contributed by atoms with Crippen molar-refractivity contribution in [2.24, 2.45) is 28.8 Å². The Morgan fingerprint density at radius 2 is 1.71 bits per heavy atom. The summed E-state index contributed by atoms with van der Waals surface area (Å²) in [5.74, 6) is 0.516. The van der Waals surface area contributed by atoms with Gasteiger partial charge >= 0.3 is 0 Å². The highest BCUT2D eigenvalue weighted by atomic mass is 16.6. The molecule has 0 radical (unpaired) electrons. The third-order valence-corrected chi connectivity index (χ3v) is 7.54. The minimum absolute atomic E-state index is 0.0502. The Morgan fingerprint density at radius 1 is 1.05 bits per heavy atom. The van der Waals surface area contributed by atoms with Crippen LogP contribution in [0.4, 0.5) is 0 Å². The largest absolute Gasteiger partial charge is 0.464 e. The Bertz CT molecular complexity index is 732. The molecule has 0 spiro atoms. The van der Waals surface area contributed by atoms with E-state index in [-0.39, 0.29) is 24.5 Å². The topological polar surface area (TPSA) is 135 Å². The molecule has 0 amide bonds. The zero-order chi connectivity index (χ0) is 28.7. The zero-order valence-electron chi connectivity index (χ0n) is 24.1. The molecule has 220 valence electrons. The summed E-state index contributed by atoms with van der Waals surface area (Å²) < 4.78 is 10.9. The number of oxime groups is 1. The maximum absolute atomic E-state index is 11.2. The molecule has 9 heteroatoms. The number of rotatable bonds is 19. The van der Waals surface area contributed by atoms with Gasteiger partial charge in [0.15, 0.2) is 12.9 Å². The zero-order valence-corrected chi connectivity index (χ0v) is 24.1. The molecule has 1 rings (SSSR count). The van der Waals surface area contributed by atoms with Crippen LogP contribution in [0.15, 0.2) is 16.8 Å². The quantitative estimate of drug-likeness (QED) is 0.0738. The summed E-state index contributed by atoms with van der Waals surface area (Å²) in [7, 11) is 1.49. The van der Waals surface area contributed by atoms with Crippen LogP contribution in [0.1, 0.15) is 86.0 Å². The highest BCUT2D eigenvalue weighted by molar-refractivity contribution is 5.91. The van der Waals surface area contributed by atoms with Gasteiger partial charge in [0, 0.05) is 25.4 Å². The van der Waals surface area contributed by atoms with Crippen molar-refractivity contribution >= 4 is 18.5 Å². The molecule has 1 fully saturated rings. The number of hydrogen-bond acceptors (Lipinski definition) is 9. The lowest BCUT2D eigenvalue weighted by atomic mass is 9.83. The molecule has 38 heavy (non-hydrogen) atoms. The van der Waals surface area contributed by atoms with E-state index in [9.17, 15) is 24.9 Å². The first-order valence-electron chi connectivity index (χ1n) is 14.0. The van der Waals surface area contributed by atoms with Gasteiger partial charge in [0.1, 0.15) is 18.3 Å². The molecule has 0 aromatic carbocycles. The summed E-state index contributed by atoms with van der Waals surface area (Å²) in [6.07, 6.45) is 5.42. The monoisotopic (exact) mass is 541 g/mol.